The molecule has 1 aromatic heterocycles. The molecule has 0 N–H and O–H groups in total. The van der Waals surface area contributed by atoms with Crippen molar-refractivity contribution in [2.24, 2.45) is 10.9 Å². The summed E-state index contributed by atoms with van der Waals surface area (Å²) in [5, 5.41) is 0. The Morgan fingerprint density at radius 3 is 1.45 bits per heavy atom. The average molecular weight is 590 g/mol. The van der Waals surface area contributed by atoms with Crippen LogP contribution in [0.5, 0.6) is 0 Å². The van der Waals surface area contributed by atoms with E-state index in [2.05, 4.69) is 159 Å². The number of hydrogen-bond donors (Lipinski definition) is 0. The van der Waals surface area contributed by atoms with Gasteiger partial charge in [-0.1, -0.05) is 91.9 Å². The second kappa shape index (κ2) is 10.7. The molecule has 0 saturated carbocycles. The van der Waals surface area contributed by atoms with Gasteiger partial charge in [-0.15, -0.1) is 0 Å². The standard InChI is InChI=1S/C36H31N7Si/c1-2-28-23-24-37-34-33(27-28)40(29-15-7-3-8-16-29)44(41(34)30-17-9-4-10-18-30)42(31-19-11-5-12-20-31)35-36(39-26-25-38-35)43(44)32-21-13-6-14-22-32/h3-28H,2H2,1H3. The normalized spacial score (nSPS) is 18.2. The average Bonchev–Trinajstić information content (AvgIpc) is 3.43. The number of rotatable bonds is 5. The van der Waals surface area contributed by atoms with Crippen LogP contribution in [0.15, 0.2) is 163 Å². The van der Waals surface area contributed by atoms with E-state index in [-0.39, 0.29) is 5.92 Å². The predicted octanol–water partition coefficient (Wildman–Crippen LogP) is 8.06. The Balaban J connectivity index is 1.57. The number of anilines is 6. The van der Waals surface area contributed by atoms with Crippen molar-refractivity contribution in [2.75, 3.05) is 18.3 Å². The molecule has 0 radical (unpaired) electrons. The summed E-state index contributed by atoms with van der Waals surface area (Å²) in [5.74, 6) is 2.77. The summed E-state index contributed by atoms with van der Waals surface area (Å²) in [6, 6.07) is 42.6. The molecule has 7 nitrogen and oxygen atoms in total. The van der Waals surface area contributed by atoms with E-state index in [1.54, 1.807) is 12.4 Å². The lowest BCUT2D eigenvalue weighted by molar-refractivity contribution is 0.770. The van der Waals surface area contributed by atoms with Gasteiger partial charge in [0.05, 0.1) is 5.70 Å². The van der Waals surface area contributed by atoms with Gasteiger partial charge in [0.25, 0.3) is 0 Å². The van der Waals surface area contributed by atoms with Crippen molar-refractivity contribution in [3.8, 4) is 0 Å². The van der Waals surface area contributed by atoms with E-state index >= 15 is 0 Å². The Morgan fingerprint density at radius 1 is 0.568 bits per heavy atom. The fourth-order valence-corrected chi connectivity index (χ4v) is 11.6. The number of nitrogens with zero attached hydrogens (tertiary/aromatic N) is 7. The monoisotopic (exact) mass is 589 g/mol. The van der Waals surface area contributed by atoms with Crippen LogP contribution in [0.3, 0.4) is 0 Å². The summed E-state index contributed by atoms with van der Waals surface area (Å²) < 4.78 is 9.94. The van der Waals surface area contributed by atoms with Crippen LogP contribution in [0.4, 0.5) is 34.4 Å². The summed E-state index contributed by atoms with van der Waals surface area (Å²) in [4.78, 5) is 15.4. The largest absolute Gasteiger partial charge is 0.525 e. The van der Waals surface area contributed by atoms with Crippen molar-refractivity contribution in [3.63, 3.8) is 0 Å². The van der Waals surface area contributed by atoms with Crippen molar-refractivity contribution in [3.05, 3.63) is 158 Å². The van der Waals surface area contributed by atoms with E-state index in [1.165, 1.54) is 0 Å². The summed E-state index contributed by atoms with van der Waals surface area (Å²) in [6.45, 7) is 2.23. The van der Waals surface area contributed by atoms with Crippen LogP contribution >= 0.6 is 0 Å². The minimum Gasteiger partial charge on any atom is -0.312 e. The van der Waals surface area contributed by atoms with E-state index in [9.17, 15) is 0 Å². The van der Waals surface area contributed by atoms with Gasteiger partial charge in [0.15, 0.2) is 17.5 Å². The van der Waals surface area contributed by atoms with Crippen molar-refractivity contribution in [1.82, 2.24) is 9.97 Å². The van der Waals surface area contributed by atoms with Gasteiger partial charge in [-0.3, -0.25) is 13.7 Å². The van der Waals surface area contributed by atoms with Gasteiger partial charge < -0.3 is 4.57 Å². The molecule has 1 atom stereocenters. The molecule has 0 amide bonds. The molecule has 8 heteroatoms. The molecule has 3 aliphatic rings. The molecule has 4 heterocycles. The van der Waals surface area contributed by atoms with Crippen LogP contribution in [-0.4, -0.2) is 24.5 Å². The molecule has 44 heavy (non-hydrogen) atoms. The van der Waals surface area contributed by atoms with Gasteiger partial charge in [-0.25, -0.2) is 15.0 Å². The minimum atomic E-state index is -3.47. The summed E-state index contributed by atoms with van der Waals surface area (Å²) in [6.07, 6.45) is 11.1. The maximum atomic E-state index is 5.25. The van der Waals surface area contributed by atoms with Gasteiger partial charge in [-0.2, -0.15) is 0 Å². The smallest absolute Gasteiger partial charge is 0.312 e. The number of aliphatic imine (C=N–C) groups is 1. The fourth-order valence-electron chi connectivity index (χ4n) is 6.56. The predicted molar refractivity (Wildman–Crippen MR) is 181 cm³/mol. The van der Waals surface area contributed by atoms with Crippen LogP contribution in [0.25, 0.3) is 0 Å². The molecule has 1 unspecified atom stereocenters. The molecule has 1 spiro atoms. The molecule has 4 aromatic carbocycles. The summed E-state index contributed by atoms with van der Waals surface area (Å²) in [7, 11) is -3.47. The first-order valence-corrected chi connectivity index (χ1v) is 16.8. The summed E-state index contributed by atoms with van der Waals surface area (Å²) in [5.41, 5.74) is 5.31. The number of benzene rings is 4. The zero-order valence-corrected chi connectivity index (χ0v) is 25.3. The molecule has 1 fully saturated rings. The van der Waals surface area contributed by atoms with Crippen LogP contribution in [0.1, 0.15) is 13.3 Å². The van der Waals surface area contributed by atoms with Gasteiger partial charge in [-0.05, 0) is 60.9 Å². The first-order valence-electron chi connectivity index (χ1n) is 15.0. The molecular weight excluding hydrogens is 559 g/mol. The van der Waals surface area contributed by atoms with E-state index in [4.69, 9.17) is 15.0 Å². The van der Waals surface area contributed by atoms with Crippen LogP contribution < -0.4 is 18.3 Å². The summed E-state index contributed by atoms with van der Waals surface area (Å²) >= 11 is 0. The Morgan fingerprint density at radius 2 is 1.00 bits per heavy atom. The Labute approximate surface area is 258 Å². The number of aromatic nitrogens is 2. The molecule has 8 rings (SSSR count). The first-order chi connectivity index (χ1) is 21.8. The maximum absolute atomic E-state index is 5.25. The Kier molecular flexibility index (Phi) is 6.34. The number of amidine groups is 1. The lowest BCUT2D eigenvalue weighted by Gasteiger charge is -2.48. The van der Waals surface area contributed by atoms with E-state index in [0.717, 1.165) is 52.3 Å². The van der Waals surface area contributed by atoms with Gasteiger partial charge in [0.1, 0.15) is 0 Å². The van der Waals surface area contributed by atoms with Gasteiger partial charge in [0, 0.05) is 41.3 Å². The van der Waals surface area contributed by atoms with Gasteiger partial charge in [0.2, 0.25) is 0 Å². The van der Waals surface area contributed by atoms with Crippen molar-refractivity contribution in [1.29, 1.82) is 0 Å². The maximum Gasteiger partial charge on any atom is 0.525 e. The third-order valence-electron chi connectivity index (χ3n) is 8.40. The van der Waals surface area contributed by atoms with Crippen molar-refractivity contribution in [2.45, 2.75) is 13.3 Å². The quantitative estimate of drug-likeness (QED) is 0.193. The number of fused-ring (bicyclic) bond motifs is 2. The molecule has 0 aliphatic carbocycles. The molecule has 214 valence electrons. The molecular formula is C36H31N7Si. The topological polar surface area (TPSA) is 51.1 Å². The first kappa shape index (κ1) is 26.2. The zero-order valence-electron chi connectivity index (χ0n) is 24.3. The highest BCUT2D eigenvalue weighted by Gasteiger charge is 2.72. The third-order valence-corrected chi connectivity index (χ3v) is 12.7. The van der Waals surface area contributed by atoms with E-state index in [1.807, 2.05) is 6.20 Å². The second-order valence-corrected chi connectivity index (χ2v) is 13.9. The van der Waals surface area contributed by atoms with Crippen LogP contribution in [0, 0.1) is 5.92 Å². The van der Waals surface area contributed by atoms with Crippen molar-refractivity contribution < 1.29 is 0 Å². The lowest BCUT2D eigenvalue weighted by Crippen LogP contribution is -2.77. The van der Waals surface area contributed by atoms with E-state index < -0.39 is 8.72 Å². The van der Waals surface area contributed by atoms with Crippen molar-refractivity contribution >= 4 is 48.9 Å². The third kappa shape index (κ3) is 3.84. The van der Waals surface area contributed by atoms with Crippen LogP contribution in [-0.2, 0) is 0 Å². The number of para-hydroxylation sites is 4. The number of allylic oxidation sites excluding steroid dienone is 2. The van der Waals surface area contributed by atoms with Crippen LogP contribution in [0.2, 0.25) is 0 Å². The van der Waals surface area contributed by atoms with E-state index in [0.29, 0.717) is 0 Å². The minimum absolute atomic E-state index is 0.231. The SMILES string of the molecule is CCC1C=CN=C2C(=C1)N(c1ccccc1)[Si]1(N2c2ccccc2)N(c2ccccc2)c2nccnc2N1c1ccccc1. The Bertz CT molecular complexity index is 1810. The molecule has 1 saturated heterocycles. The zero-order chi connectivity index (χ0) is 29.5. The Hall–Kier alpha value is -5.47. The molecule has 5 aromatic rings. The second-order valence-electron chi connectivity index (χ2n) is 10.9. The highest BCUT2D eigenvalue weighted by Crippen LogP contribution is 2.56. The number of hydrogen-bond acceptors (Lipinski definition) is 7. The molecule has 3 aliphatic heterocycles. The highest BCUT2D eigenvalue weighted by molar-refractivity contribution is 7.01. The lowest BCUT2D eigenvalue weighted by atomic mass is 10.1. The van der Waals surface area contributed by atoms with Gasteiger partial charge >= 0.3 is 8.72 Å². The fraction of sp³-hybridized carbons (Fsp3) is 0.0833. The highest BCUT2D eigenvalue weighted by atomic mass is 28.4. The molecule has 0 bridgehead atoms.